The fraction of sp³-hybridized carbons (Fsp3) is 0.333. The number of amides is 1. The Bertz CT molecular complexity index is 1030. The van der Waals surface area contributed by atoms with Crippen LogP contribution in [0.2, 0.25) is 0 Å². The highest BCUT2D eigenvalue weighted by molar-refractivity contribution is 5.96. The minimum Gasteiger partial charge on any atom is -0.341 e. The maximum atomic E-state index is 12.7. The summed E-state index contributed by atoms with van der Waals surface area (Å²) in [4.78, 5) is 29.2. The number of pyridine rings is 1. The average Bonchev–Trinajstić information content (AvgIpc) is 3.22. The number of aromatic nitrogens is 3. The number of ketones is 1. The third-order valence-electron chi connectivity index (χ3n) is 5.66. The van der Waals surface area contributed by atoms with E-state index >= 15 is 0 Å². The van der Waals surface area contributed by atoms with Gasteiger partial charge in [0.15, 0.2) is 5.78 Å². The van der Waals surface area contributed by atoms with E-state index in [2.05, 4.69) is 27.5 Å². The number of nitrogens with zero attached hydrogens (tertiary/aromatic N) is 3. The molecule has 1 aliphatic carbocycles. The van der Waals surface area contributed by atoms with Crippen LogP contribution >= 0.6 is 0 Å². The first-order valence-electron chi connectivity index (χ1n) is 10.5. The van der Waals surface area contributed by atoms with Crippen LogP contribution < -0.4 is 5.32 Å². The zero-order valence-electron chi connectivity index (χ0n) is 17.2. The van der Waals surface area contributed by atoms with Gasteiger partial charge in [-0.3, -0.25) is 14.6 Å². The standard InChI is InChI=1S/C24H26N4O2/c1-17-16-25-22(24(30)27-21-6-3-2-4-7-23(21)29)15-19(17)14-18-8-10-20(11-9-18)28-13-5-12-26-28/h5,8-13,15-16,21H,2-4,6-7,14H2,1H3,(H,27,30)/t21-/m1/s1. The molecule has 0 spiro atoms. The Morgan fingerprint density at radius 2 is 2.03 bits per heavy atom. The number of hydrogen-bond donors (Lipinski definition) is 1. The van der Waals surface area contributed by atoms with Gasteiger partial charge in [0.05, 0.1) is 11.7 Å². The molecule has 1 aromatic carbocycles. The molecule has 4 rings (SSSR count). The van der Waals surface area contributed by atoms with Gasteiger partial charge in [0.1, 0.15) is 5.69 Å². The smallest absolute Gasteiger partial charge is 0.270 e. The highest BCUT2D eigenvalue weighted by atomic mass is 16.2. The molecule has 0 saturated heterocycles. The molecule has 0 radical (unpaired) electrons. The van der Waals surface area contributed by atoms with Crippen molar-refractivity contribution in [2.24, 2.45) is 0 Å². The molecule has 1 fully saturated rings. The number of hydrogen-bond acceptors (Lipinski definition) is 4. The molecule has 0 unspecified atom stereocenters. The summed E-state index contributed by atoms with van der Waals surface area (Å²) in [6.45, 7) is 2.00. The fourth-order valence-electron chi connectivity index (χ4n) is 3.83. The van der Waals surface area contributed by atoms with Crippen LogP contribution in [0.4, 0.5) is 0 Å². The van der Waals surface area contributed by atoms with Crippen LogP contribution in [0, 0.1) is 6.92 Å². The highest BCUT2D eigenvalue weighted by Gasteiger charge is 2.23. The van der Waals surface area contributed by atoms with Crippen LogP contribution in [-0.2, 0) is 11.2 Å². The SMILES string of the molecule is Cc1cnc(C(=O)N[C@@H]2CCCCCC2=O)cc1Cc1ccc(-n2cccn2)cc1. The van der Waals surface area contributed by atoms with Crippen LogP contribution in [0.5, 0.6) is 0 Å². The molecule has 1 saturated carbocycles. The lowest BCUT2D eigenvalue weighted by molar-refractivity contribution is -0.120. The van der Waals surface area contributed by atoms with E-state index in [1.165, 1.54) is 0 Å². The number of nitrogens with one attached hydrogen (secondary N) is 1. The molecule has 6 nitrogen and oxygen atoms in total. The van der Waals surface area contributed by atoms with Gasteiger partial charge in [-0.1, -0.05) is 25.0 Å². The molecule has 30 heavy (non-hydrogen) atoms. The van der Waals surface area contributed by atoms with Crippen molar-refractivity contribution < 1.29 is 9.59 Å². The van der Waals surface area contributed by atoms with Gasteiger partial charge in [0, 0.05) is 25.0 Å². The van der Waals surface area contributed by atoms with Crippen molar-refractivity contribution in [2.75, 3.05) is 0 Å². The summed E-state index contributed by atoms with van der Waals surface area (Å²) in [6.07, 6.45) is 10.3. The first kappa shape index (κ1) is 20.0. The summed E-state index contributed by atoms with van der Waals surface area (Å²) in [7, 11) is 0. The minimum absolute atomic E-state index is 0.130. The van der Waals surface area contributed by atoms with Crippen LogP contribution in [0.25, 0.3) is 5.69 Å². The van der Waals surface area contributed by atoms with Crippen LogP contribution in [0.1, 0.15) is 59.3 Å². The van der Waals surface area contributed by atoms with Gasteiger partial charge in [0.25, 0.3) is 5.91 Å². The lowest BCUT2D eigenvalue weighted by Crippen LogP contribution is -2.40. The monoisotopic (exact) mass is 402 g/mol. The summed E-state index contributed by atoms with van der Waals surface area (Å²) in [6, 6.07) is 11.5. The van der Waals surface area contributed by atoms with E-state index in [1.807, 2.05) is 42.1 Å². The summed E-state index contributed by atoms with van der Waals surface area (Å²) in [5, 5.41) is 7.14. The van der Waals surface area contributed by atoms with Crippen LogP contribution in [0.3, 0.4) is 0 Å². The number of carbonyl (C=O) groups excluding carboxylic acids is 2. The number of Topliss-reactive ketones (excluding diaryl/α,β-unsaturated/α-hetero) is 1. The molecule has 1 amide bonds. The largest absolute Gasteiger partial charge is 0.341 e. The Hall–Kier alpha value is -3.28. The molecule has 3 aromatic rings. The van der Waals surface area contributed by atoms with Gasteiger partial charge in [-0.15, -0.1) is 0 Å². The third kappa shape index (κ3) is 4.64. The van der Waals surface area contributed by atoms with Gasteiger partial charge in [-0.2, -0.15) is 5.10 Å². The first-order valence-corrected chi connectivity index (χ1v) is 10.5. The molecule has 1 atom stereocenters. The Morgan fingerprint density at radius 3 is 2.80 bits per heavy atom. The van der Waals surface area contributed by atoms with Gasteiger partial charge in [-0.05, 0) is 67.1 Å². The summed E-state index contributed by atoms with van der Waals surface area (Å²) in [5.74, 6) is -0.143. The maximum Gasteiger partial charge on any atom is 0.270 e. The zero-order chi connectivity index (χ0) is 20.9. The van der Waals surface area contributed by atoms with E-state index < -0.39 is 0 Å². The fourth-order valence-corrected chi connectivity index (χ4v) is 3.83. The topological polar surface area (TPSA) is 76.9 Å². The van der Waals surface area contributed by atoms with Gasteiger partial charge in [0.2, 0.25) is 0 Å². The Morgan fingerprint density at radius 1 is 1.20 bits per heavy atom. The van der Waals surface area contributed by atoms with E-state index in [-0.39, 0.29) is 17.7 Å². The third-order valence-corrected chi connectivity index (χ3v) is 5.66. The average molecular weight is 402 g/mol. The summed E-state index contributed by atoms with van der Waals surface area (Å²) in [5.41, 5.74) is 4.59. The highest BCUT2D eigenvalue weighted by Crippen LogP contribution is 2.18. The normalized spacial score (nSPS) is 16.8. The molecular weight excluding hydrogens is 376 g/mol. The number of rotatable bonds is 5. The molecule has 2 aromatic heterocycles. The van der Waals surface area contributed by atoms with E-state index in [0.29, 0.717) is 25.0 Å². The number of benzene rings is 1. The molecule has 1 N–H and O–H groups in total. The second-order valence-electron chi connectivity index (χ2n) is 7.88. The van der Waals surface area contributed by atoms with E-state index in [1.54, 1.807) is 12.4 Å². The van der Waals surface area contributed by atoms with Crippen molar-refractivity contribution in [1.29, 1.82) is 0 Å². The molecule has 0 aliphatic heterocycles. The Balaban J connectivity index is 1.47. The lowest BCUT2D eigenvalue weighted by Gasteiger charge is -2.15. The molecule has 154 valence electrons. The van der Waals surface area contributed by atoms with Gasteiger partial charge >= 0.3 is 0 Å². The van der Waals surface area contributed by atoms with Crippen molar-refractivity contribution in [3.8, 4) is 5.69 Å². The van der Waals surface area contributed by atoms with E-state index in [4.69, 9.17) is 0 Å². The molecule has 0 bridgehead atoms. The predicted molar refractivity (Wildman–Crippen MR) is 115 cm³/mol. The van der Waals surface area contributed by atoms with Crippen LogP contribution in [-0.4, -0.2) is 32.5 Å². The van der Waals surface area contributed by atoms with Crippen molar-refractivity contribution in [3.05, 3.63) is 77.4 Å². The second-order valence-corrected chi connectivity index (χ2v) is 7.88. The quantitative estimate of drug-likeness (QED) is 0.659. The Kier molecular flexibility index (Phi) is 6.02. The first-order chi connectivity index (χ1) is 14.6. The molecule has 6 heteroatoms. The Labute approximate surface area is 176 Å². The minimum atomic E-state index is -0.388. The summed E-state index contributed by atoms with van der Waals surface area (Å²) >= 11 is 0. The number of carbonyl (C=O) groups is 2. The second kappa shape index (κ2) is 9.03. The molecule has 1 aliphatic rings. The van der Waals surface area contributed by atoms with E-state index in [0.717, 1.165) is 41.6 Å². The lowest BCUT2D eigenvalue weighted by atomic mass is 10.0. The van der Waals surface area contributed by atoms with Crippen LogP contribution in [0.15, 0.2) is 55.0 Å². The van der Waals surface area contributed by atoms with Crippen molar-refractivity contribution >= 4 is 11.7 Å². The van der Waals surface area contributed by atoms with E-state index in [9.17, 15) is 9.59 Å². The van der Waals surface area contributed by atoms with Gasteiger partial charge < -0.3 is 5.32 Å². The number of aryl methyl sites for hydroxylation is 1. The van der Waals surface area contributed by atoms with Crippen molar-refractivity contribution in [1.82, 2.24) is 20.1 Å². The molecular formula is C24H26N4O2. The van der Waals surface area contributed by atoms with Crippen molar-refractivity contribution in [3.63, 3.8) is 0 Å². The predicted octanol–water partition coefficient (Wildman–Crippen LogP) is 3.80. The van der Waals surface area contributed by atoms with Gasteiger partial charge in [-0.25, -0.2) is 4.68 Å². The maximum absolute atomic E-state index is 12.7. The zero-order valence-corrected chi connectivity index (χ0v) is 17.2. The van der Waals surface area contributed by atoms with Crippen molar-refractivity contribution in [2.45, 2.75) is 51.5 Å². The molecule has 2 heterocycles. The summed E-state index contributed by atoms with van der Waals surface area (Å²) < 4.78 is 1.82.